The van der Waals surface area contributed by atoms with Gasteiger partial charge in [-0.25, -0.2) is 9.87 Å². The fourth-order valence-electron chi connectivity index (χ4n) is 2.61. The van der Waals surface area contributed by atoms with Crippen LogP contribution in [0.3, 0.4) is 0 Å². The van der Waals surface area contributed by atoms with Gasteiger partial charge < -0.3 is 9.84 Å². The molecule has 2 aromatic rings. The van der Waals surface area contributed by atoms with E-state index in [9.17, 15) is 14.3 Å². The van der Waals surface area contributed by atoms with E-state index in [0.29, 0.717) is 17.7 Å². The van der Waals surface area contributed by atoms with Crippen LogP contribution in [0.4, 0.5) is 4.39 Å². The molecule has 0 atom stereocenters. The van der Waals surface area contributed by atoms with Gasteiger partial charge in [-0.3, -0.25) is 10.0 Å². The van der Waals surface area contributed by atoms with E-state index in [1.165, 1.54) is 24.3 Å². The zero-order valence-corrected chi connectivity index (χ0v) is 15.9. The maximum absolute atomic E-state index is 13.1. The minimum atomic E-state index is -0.665. The minimum absolute atomic E-state index is 0.153. The molecule has 2 rings (SSSR count). The van der Waals surface area contributed by atoms with Gasteiger partial charge in [-0.15, -0.1) is 0 Å². The number of ether oxygens (including phenoxy) is 1. The molecule has 0 aliphatic heterocycles. The van der Waals surface area contributed by atoms with Crippen molar-refractivity contribution in [2.45, 2.75) is 33.5 Å². The lowest BCUT2D eigenvalue weighted by atomic mass is 9.98. The number of hydrogen-bond donors (Lipinski definition) is 3. The number of benzene rings is 2. The van der Waals surface area contributed by atoms with Crippen LogP contribution in [-0.2, 0) is 24.4 Å². The standard InChI is InChI=1S/C22H24FNO4/c1-15(2)3-11-20-18(13-25)7-6-17(8-12-21(26)24-27)22(20)28-14-16-4-9-19(23)10-5-16/h3-10,12,25,27H,11,13-14H2,1-2H3,(H,24,26). The van der Waals surface area contributed by atoms with Crippen molar-refractivity contribution in [3.63, 3.8) is 0 Å². The summed E-state index contributed by atoms with van der Waals surface area (Å²) in [5, 5.41) is 18.4. The molecule has 0 saturated carbocycles. The predicted octanol–water partition coefficient (Wildman–Crippen LogP) is 3.92. The lowest BCUT2D eigenvalue weighted by Crippen LogP contribution is -2.14. The van der Waals surface area contributed by atoms with E-state index in [1.54, 1.807) is 29.7 Å². The monoisotopic (exact) mass is 385 g/mol. The first-order chi connectivity index (χ1) is 13.4. The zero-order valence-electron chi connectivity index (χ0n) is 15.9. The molecule has 0 radical (unpaired) electrons. The first-order valence-electron chi connectivity index (χ1n) is 8.83. The highest BCUT2D eigenvalue weighted by Gasteiger charge is 2.13. The van der Waals surface area contributed by atoms with Gasteiger partial charge in [0.1, 0.15) is 18.2 Å². The van der Waals surface area contributed by atoms with Gasteiger partial charge in [-0.2, -0.15) is 0 Å². The highest BCUT2D eigenvalue weighted by molar-refractivity contribution is 5.91. The Labute approximate surface area is 163 Å². The maximum atomic E-state index is 13.1. The number of carbonyl (C=O) groups excluding carboxylic acids is 1. The number of rotatable bonds is 8. The molecule has 0 bridgehead atoms. The van der Waals surface area contributed by atoms with Gasteiger partial charge in [0.05, 0.1) is 6.61 Å². The van der Waals surface area contributed by atoms with E-state index < -0.39 is 5.91 Å². The summed E-state index contributed by atoms with van der Waals surface area (Å²) in [4.78, 5) is 11.4. The van der Waals surface area contributed by atoms with Crippen molar-refractivity contribution < 1.29 is 24.2 Å². The molecule has 3 N–H and O–H groups in total. The molecule has 1 amide bonds. The number of hydroxylamine groups is 1. The van der Waals surface area contributed by atoms with E-state index in [-0.39, 0.29) is 19.0 Å². The molecule has 0 aliphatic carbocycles. The second-order valence-corrected chi connectivity index (χ2v) is 6.49. The highest BCUT2D eigenvalue weighted by atomic mass is 19.1. The molecule has 0 aromatic heterocycles. The van der Waals surface area contributed by atoms with Crippen molar-refractivity contribution in [2.75, 3.05) is 0 Å². The molecule has 0 saturated heterocycles. The molecule has 2 aromatic carbocycles. The predicted molar refractivity (Wildman–Crippen MR) is 105 cm³/mol. The Morgan fingerprint density at radius 3 is 2.50 bits per heavy atom. The van der Waals surface area contributed by atoms with Gasteiger partial charge in [0.2, 0.25) is 0 Å². The van der Waals surface area contributed by atoms with Crippen LogP contribution in [-0.4, -0.2) is 16.2 Å². The third-order valence-corrected chi connectivity index (χ3v) is 4.09. The van der Waals surface area contributed by atoms with Crippen LogP contribution >= 0.6 is 0 Å². The van der Waals surface area contributed by atoms with E-state index in [4.69, 9.17) is 9.94 Å². The summed E-state index contributed by atoms with van der Waals surface area (Å²) in [6, 6.07) is 9.50. The molecule has 148 valence electrons. The summed E-state index contributed by atoms with van der Waals surface area (Å²) in [6.45, 7) is 4.00. The van der Waals surface area contributed by atoms with E-state index in [2.05, 4.69) is 0 Å². The molecular weight excluding hydrogens is 361 g/mol. The number of aliphatic hydroxyl groups excluding tert-OH is 1. The Kier molecular flexibility index (Phi) is 7.92. The summed E-state index contributed by atoms with van der Waals surface area (Å²) >= 11 is 0. The molecular formula is C22H24FNO4. The van der Waals surface area contributed by atoms with Gasteiger partial charge in [0.25, 0.3) is 5.91 Å². The van der Waals surface area contributed by atoms with Crippen LogP contribution in [0, 0.1) is 5.82 Å². The van der Waals surface area contributed by atoms with Gasteiger partial charge in [0, 0.05) is 17.2 Å². The van der Waals surface area contributed by atoms with Crippen LogP contribution in [0.5, 0.6) is 5.75 Å². The number of halogens is 1. The van der Waals surface area contributed by atoms with E-state index >= 15 is 0 Å². The molecule has 0 heterocycles. The third-order valence-electron chi connectivity index (χ3n) is 4.09. The average Bonchev–Trinajstić information content (AvgIpc) is 2.69. The number of allylic oxidation sites excluding steroid dienone is 2. The van der Waals surface area contributed by atoms with Gasteiger partial charge in [-0.1, -0.05) is 35.9 Å². The van der Waals surface area contributed by atoms with Crippen LogP contribution in [0.25, 0.3) is 6.08 Å². The Balaban J connectivity index is 2.44. The fraction of sp³-hybridized carbons (Fsp3) is 0.227. The van der Waals surface area contributed by atoms with Crippen molar-refractivity contribution in [3.8, 4) is 5.75 Å². The normalized spacial score (nSPS) is 10.8. The Bertz CT molecular complexity index is 869. The Morgan fingerprint density at radius 2 is 1.89 bits per heavy atom. The fourth-order valence-corrected chi connectivity index (χ4v) is 2.61. The summed E-state index contributed by atoms with van der Waals surface area (Å²) in [5.74, 6) is -0.467. The van der Waals surface area contributed by atoms with Crippen LogP contribution in [0.15, 0.2) is 54.1 Å². The molecule has 0 aliphatic rings. The van der Waals surface area contributed by atoms with Crippen LogP contribution in [0.2, 0.25) is 0 Å². The molecule has 0 spiro atoms. The molecule has 5 nitrogen and oxygen atoms in total. The quantitative estimate of drug-likeness (QED) is 0.278. The number of nitrogens with one attached hydrogen (secondary N) is 1. The summed E-state index contributed by atoms with van der Waals surface area (Å²) < 4.78 is 19.1. The largest absolute Gasteiger partial charge is 0.488 e. The summed E-state index contributed by atoms with van der Waals surface area (Å²) in [7, 11) is 0. The molecule has 28 heavy (non-hydrogen) atoms. The van der Waals surface area contributed by atoms with E-state index in [0.717, 1.165) is 22.3 Å². The van der Waals surface area contributed by atoms with Crippen molar-refractivity contribution in [1.29, 1.82) is 0 Å². The minimum Gasteiger partial charge on any atom is -0.488 e. The summed E-state index contributed by atoms with van der Waals surface area (Å²) in [6.07, 6.45) is 5.28. The third kappa shape index (κ3) is 6.04. The number of hydrogen-bond acceptors (Lipinski definition) is 4. The van der Waals surface area contributed by atoms with E-state index in [1.807, 2.05) is 19.9 Å². The van der Waals surface area contributed by atoms with Crippen molar-refractivity contribution in [2.24, 2.45) is 0 Å². The lowest BCUT2D eigenvalue weighted by Gasteiger charge is -2.17. The van der Waals surface area contributed by atoms with Crippen molar-refractivity contribution in [3.05, 3.63) is 82.2 Å². The lowest BCUT2D eigenvalue weighted by molar-refractivity contribution is -0.124. The zero-order chi connectivity index (χ0) is 20.5. The highest BCUT2D eigenvalue weighted by Crippen LogP contribution is 2.31. The van der Waals surface area contributed by atoms with Crippen molar-refractivity contribution >= 4 is 12.0 Å². The first kappa shape index (κ1) is 21.3. The summed E-state index contributed by atoms with van der Waals surface area (Å²) in [5.41, 5.74) is 5.59. The molecule has 0 fully saturated rings. The number of amides is 1. The van der Waals surface area contributed by atoms with Crippen LogP contribution in [0.1, 0.15) is 36.1 Å². The van der Waals surface area contributed by atoms with Gasteiger partial charge in [0.15, 0.2) is 0 Å². The first-order valence-corrected chi connectivity index (χ1v) is 8.83. The Hall–Kier alpha value is -2.96. The van der Waals surface area contributed by atoms with Gasteiger partial charge >= 0.3 is 0 Å². The maximum Gasteiger partial charge on any atom is 0.267 e. The molecule has 6 heteroatoms. The molecule has 0 unspecified atom stereocenters. The van der Waals surface area contributed by atoms with Crippen molar-refractivity contribution in [1.82, 2.24) is 5.48 Å². The van der Waals surface area contributed by atoms with Crippen LogP contribution < -0.4 is 10.2 Å². The topological polar surface area (TPSA) is 78.8 Å². The number of carbonyl (C=O) groups is 1. The smallest absolute Gasteiger partial charge is 0.267 e. The van der Waals surface area contributed by atoms with Gasteiger partial charge in [-0.05, 0) is 49.6 Å². The Morgan fingerprint density at radius 1 is 1.18 bits per heavy atom. The number of aliphatic hydroxyl groups is 1. The second kappa shape index (κ2) is 10.4. The second-order valence-electron chi connectivity index (χ2n) is 6.49. The average molecular weight is 385 g/mol. The SMILES string of the molecule is CC(C)=CCc1c(CO)ccc(C=CC(=O)NO)c1OCc1ccc(F)cc1.